The minimum Gasteiger partial charge on any atom is -0.379 e. The Morgan fingerprint density at radius 3 is 2.50 bits per heavy atom. The van der Waals surface area contributed by atoms with Gasteiger partial charge < -0.3 is 4.74 Å². The third kappa shape index (κ3) is 2.20. The van der Waals surface area contributed by atoms with Crippen LogP contribution in [0.1, 0.15) is 6.42 Å². The van der Waals surface area contributed by atoms with Crippen molar-refractivity contribution >= 4 is 0 Å². The van der Waals surface area contributed by atoms with Crippen molar-refractivity contribution < 1.29 is 4.74 Å². The molecule has 4 nitrogen and oxygen atoms in total. The predicted molar refractivity (Wildman–Crippen MR) is 42.0 cm³/mol. The third-order valence-electron chi connectivity index (χ3n) is 1.92. The number of hydrogen-bond donors (Lipinski definition) is 0. The van der Waals surface area contributed by atoms with Crippen LogP contribution in [0.4, 0.5) is 0 Å². The van der Waals surface area contributed by atoms with Crippen molar-refractivity contribution in [1.29, 1.82) is 10.5 Å². The SMILES string of the molecule is N#CC[C@@H](C#N)N1CCOCC1. The van der Waals surface area contributed by atoms with Crippen LogP contribution in [-0.2, 0) is 4.74 Å². The Hall–Kier alpha value is -1.10. The van der Waals surface area contributed by atoms with E-state index >= 15 is 0 Å². The zero-order valence-electron chi connectivity index (χ0n) is 6.86. The molecule has 0 radical (unpaired) electrons. The fourth-order valence-electron chi connectivity index (χ4n) is 1.23. The van der Waals surface area contributed by atoms with E-state index in [4.69, 9.17) is 15.3 Å². The molecule has 0 aromatic heterocycles. The molecule has 1 saturated heterocycles. The minimum absolute atomic E-state index is 0.251. The van der Waals surface area contributed by atoms with Crippen LogP contribution in [0, 0.1) is 22.7 Å². The summed E-state index contributed by atoms with van der Waals surface area (Å²) in [5.74, 6) is 0. The van der Waals surface area contributed by atoms with Crippen LogP contribution in [0.2, 0.25) is 0 Å². The average Bonchev–Trinajstić information content (AvgIpc) is 2.15. The molecule has 0 saturated carbocycles. The molecule has 1 atom stereocenters. The van der Waals surface area contributed by atoms with E-state index in [-0.39, 0.29) is 12.5 Å². The second-order valence-electron chi connectivity index (χ2n) is 2.66. The second-order valence-corrected chi connectivity index (χ2v) is 2.66. The zero-order valence-corrected chi connectivity index (χ0v) is 6.86. The summed E-state index contributed by atoms with van der Waals surface area (Å²) in [6, 6.07) is 3.88. The summed E-state index contributed by atoms with van der Waals surface area (Å²) in [6.07, 6.45) is 0.288. The Bertz CT molecular complexity index is 209. The third-order valence-corrected chi connectivity index (χ3v) is 1.92. The fraction of sp³-hybridized carbons (Fsp3) is 0.750. The van der Waals surface area contributed by atoms with Crippen LogP contribution >= 0.6 is 0 Å². The van der Waals surface area contributed by atoms with Gasteiger partial charge in [-0.15, -0.1) is 0 Å². The van der Waals surface area contributed by atoms with Gasteiger partial charge in [0.05, 0.1) is 31.8 Å². The topological polar surface area (TPSA) is 60.0 Å². The Morgan fingerprint density at radius 1 is 1.33 bits per heavy atom. The van der Waals surface area contributed by atoms with Crippen LogP contribution in [0.15, 0.2) is 0 Å². The summed E-state index contributed by atoms with van der Waals surface area (Å²) in [4.78, 5) is 1.99. The molecule has 4 heteroatoms. The van der Waals surface area contributed by atoms with Gasteiger partial charge in [0.2, 0.25) is 0 Å². The monoisotopic (exact) mass is 165 g/mol. The van der Waals surface area contributed by atoms with Crippen LogP contribution in [0.5, 0.6) is 0 Å². The highest BCUT2D eigenvalue weighted by Gasteiger charge is 2.19. The summed E-state index contributed by atoms with van der Waals surface area (Å²) < 4.78 is 5.14. The van der Waals surface area contributed by atoms with Crippen molar-refractivity contribution in [3.8, 4) is 12.1 Å². The van der Waals surface area contributed by atoms with E-state index in [1.54, 1.807) is 0 Å². The molecule has 0 bridgehead atoms. The molecule has 0 unspecified atom stereocenters. The summed E-state index contributed by atoms with van der Waals surface area (Å²) in [6.45, 7) is 2.87. The smallest absolute Gasteiger partial charge is 0.111 e. The average molecular weight is 165 g/mol. The quantitative estimate of drug-likeness (QED) is 0.583. The van der Waals surface area contributed by atoms with Crippen LogP contribution < -0.4 is 0 Å². The van der Waals surface area contributed by atoms with Gasteiger partial charge in [0.25, 0.3) is 0 Å². The number of nitriles is 2. The molecular weight excluding hydrogens is 154 g/mol. The van der Waals surface area contributed by atoms with E-state index < -0.39 is 0 Å². The molecule has 1 heterocycles. The van der Waals surface area contributed by atoms with Gasteiger partial charge in [0, 0.05) is 13.1 Å². The van der Waals surface area contributed by atoms with E-state index in [0.29, 0.717) is 13.2 Å². The molecule has 0 N–H and O–H groups in total. The molecule has 64 valence electrons. The van der Waals surface area contributed by atoms with Crippen LogP contribution in [0.3, 0.4) is 0 Å². The maximum absolute atomic E-state index is 8.73. The fourth-order valence-corrected chi connectivity index (χ4v) is 1.23. The van der Waals surface area contributed by atoms with Crippen molar-refractivity contribution in [2.75, 3.05) is 26.3 Å². The largest absolute Gasteiger partial charge is 0.379 e. The summed E-state index contributed by atoms with van der Waals surface area (Å²) in [5.41, 5.74) is 0. The lowest BCUT2D eigenvalue weighted by Gasteiger charge is -2.29. The lowest BCUT2D eigenvalue weighted by atomic mass is 10.2. The van der Waals surface area contributed by atoms with Gasteiger partial charge in [0.15, 0.2) is 0 Å². The maximum Gasteiger partial charge on any atom is 0.111 e. The van der Waals surface area contributed by atoms with E-state index in [2.05, 4.69) is 6.07 Å². The number of nitrogens with zero attached hydrogens (tertiary/aromatic N) is 3. The van der Waals surface area contributed by atoms with E-state index in [1.807, 2.05) is 11.0 Å². The molecule has 0 aromatic carbocycles. The van der Waals surface area contributed by atoms with Gasteiger partial charge >= 0.3 is 0 Å². The second kappa shape index (κ2) is 4.71. The first-order valence-electron chi connectivity index (χ1n) is 3.97. The Labute approximate surface area is 71.9 Å². The first kappa shape index (κ1) is 8.99. The standard InChI is InChI=1S/C8H11N3O/c9-2-1-8(7-10)11-3-5-12-6-4-11/h8H,1,3-6H2/t8-/m0/s1. The van der Waals surface area contributed by atoms with E-state index in [9.17, 15) is 0 Å². The first-order chi connectivity index (χ1) is 5.88. The number of hydrogen-bond acceptors (Lipinski definition) is 4. The highest BCUT2D eigenvalue weighted by molar-refractivity contribution is 4.97. The normalized spacial score (nSPS) is 20.8. The Kier molecular flexibility index (Phi) is 3.53. The van der Waals surface area contributed by atoms with Gasteiger partial charge in [-0.25, -0.2) is 0 Å². The summed E-state index contributed by atoms with van der Waals surface area (Å²) in [7, 11) is 0. The first-order valence-corrected chi connectivity index (χ1v) is 3.97. The Balaban J connectivity index is 2.43. The number of morpholine rings is 1. The van der Waals surface area contributed by atoms with Gasteiger partial charge in [-0.1, -0.05) is 0 Å². The molecule has 0 amide bonds. The molecule has 1 aliphatic heterocycles. The summed E-state index contributed by atoms with van der Waals surface area (Å²) in [5, 5.41) is 17.2. The lowest BCUT2D eigenvalue weighted by Crippen LogP contribution is -2.42. The predicted octanol–water partition coefficient (Wildman–Crippen LogP) is 0.124. The zero-order chi connectivity index (χ0) is 8.81. The highest BCUT2D eigenvalue weighted by Crippen LogP contribution is 2.05. The maximum atomic E-state index is 8.73. The van der Waals surface area contributed by atoms with Gasteiger partial charge in [-0.3, -0.25) is 4.90 Å². The molecule has 1 rings (SSSR count). The van der Waals surface area contributed by atoms with Gasteiger partial charge in [-0.2, -0.15) is 10.5 Å². The van der Waals surface area contributed by atoms with Crippen molar-refractivity contribution in [3.05, 3.63) is 0 Å². The molecular formula is C8H11N3O. The van der Waals surface area contributed by atoms with Crippen molar-refractivity contribution in [1.82, 2.24) is 4.90 Å². The van der Waals surface area contributed by atoms with E-state index in [1.165, 1.54) is 0 Å². The van der Waals surface area contributed by atoms with Crippen LogP contribution in [0.25, 0.3) is 0 Å². The minimum atomic E-state index is -0.251. The van der Waals surface area contributed by atoms with Gasteiger partial charge in [0.1, 0.15) is 6.04 Å². The van der Waals surface area contributed by atoms with Crippen molar-refractivity contribution in [2.24, 2.45) is 0 Å². The highest BCUT2D eigenvalue weighted by atomic mass is 16.5. The van der Waals surface area contributed by atoms with Crippen molar-refractivity contribution in [2.45, 2.75) is 12.5 Å². The molecule has 0 spiro atoms. The van der Waals surface area contributed by atoms with Gasteiger partial charge in [-0.05, 0) is 0 Å². The molecule has 12 heavy (non-hydrogen) atoms. The lowest BCUT2D eigenvalue weighted by molar-refractivity contribution is 0.0277. The molecule has 0 aliphatic carbocycles. The molecule has 0 aromatic rings. The number of rotatable bonds is 2. The van der Waals surface area contributed by atoms with Crippen LogP contribution in [-0.4, -0.2) is 37.2 Å². The Morgan fingerprint density at radius 2 is 2.00 bits per heavy atom. The summed E-state index contributed by atoms with van der Waals surface area (Å²) >= 11 is 0. The van der Waals surface area contributed by atoms with E-state index in [0.717, 1.165) is 13.1 Å². The number of ether oxygens (including phenoxy) is 1. The molecule has 1 fully saturated rings. The van der Waals surface area contributed by atoms with Crippen molar-refractivity contribution in [3.63, 3.8) is 0 Å². The molecule has 1 aliphatic rings.